The summed E-state index contributed by atoms with van der Waals surface area (Å²) in [7, 11) is 0. The summed E-state index contributed by atoms with van der Waals surface area (Å²) in [4.78, 5) is 33.0. The molecule has 0 saturated carbocycles. The summed E-state index contributed by atoms with van der Waals surface area (Å²) < 4.78 is 12.0. The van der Waals surface area contributed by atoms with E-state index in [0.29, 0.717) is 34.6 Å². The molecule has 8 nitrogen and oxygen atoms in total. The smallest absolute Gasteiger partial charge is 0.333 e. The van der Waals surface area contributed by atoms with Gasteiger partial charge in [-0.3, -0.25) is 4.79 Å². The maximum atomic E-state index is 13.0. The lowest BCUT2D eigenvalue weighted by Gasteiger charge is -2.07. The molecule has 1 N–H and O–H groups in total. The molecule has 2 aromatic heterocycles. The third-order valence-corrected chi connectivity index (χ3v) is 5.29. The molecule has 0 amide bonds. The lowest BCUT2D eigenvalue weighted by Crippen LogP contribution is -2.33. The molecule has 0 aliphatic rings. The Hall–Kier alpha value is -4.46. The predicted molar refractivity (Wildman–Crippen MR) is 125 cm³/mol. The fourth-order valence-electron chi connectivity index (χ4n) is 3.60. The van der Waals surface area contributed by atoms with Crippen molar-refractivity contribution in [1.29, 1.82) is 0 Å². The van der Waals surface area contributed by atoms with E-state index in [0.717, 1.165) is 21.4 Å². The summed E-state index contributed by atoms with van der Waals surface area (Å²) in [5.74, 6) is 1.47. The second-order valence-electron chi connectivity index (χ2n) is 7.55. The zero-order chi connectivity index (χ0) is 22.9. The van der Waals surface area contributed by atoms with Gasteiger partial charge in [-0.1, -0.05) is 22.9 Å². The Bertz CT molecular complexity index is 1560. The molecule has 0 saturated heterocycles. The normalized spacial score (nSPS) is 11.1. The van der Waals surface area contributed by atoms with Gasteiger partial charge in [0, 0.05) is 11.1 Å². The Morgan fingerprint density at radius 3 is 2.42 bits per heavy atom. The molecule has 2 heterocycles. The number of ether oxygens (including phenoxy) is 1. The molecule has 0 aliphatic carbocycles. The summed E-state index contributed by atoms with van der Waals surface area (Å²) in [5.41, 5.74) is 2.40. The van der Waals surface area contributed by atoms with Crippen molar-refractivity contribution in [1.82, 2.24) is 19.7 Å². The second kappa shape index (κ2) is 8.23. The average molecular weight is 440 g/mol. The summed E-state index contributed by atoms with van der Waals surface area (Å²) in [6.45, 7) is 4.46. The van der Waals surface area contributed by atoms with Crippen molar-refractivity contribution in [3.8, 4) is 34.3 Å². The molecule has 0 fully saturated rings. The molecule has 0 radical (unpaired) electrons. The first-order valence-electron chi connectivity index (χ1n) is 10.5. The van der Waals surface area contributed by atoms with E-state index in [1.54, 1.807) is 30.3 Å². The fraction of sp³-hybridized carbons (Fsp3) is 0.120. The highest BCUT2D eigenvalue weighted by Gasteiger charge is 2.14. The third-order valence-electron chi connectivity index (χ3n) is 5.29. The Labute approximate surface area is 188 Å². The van der Waals surface area contributed by atoms with Gasteiger partial charge in [0.15, 0.2) is 0 Å². The summed E-state index contributed by atoms with van der Waals surface area (Å²) >= 11 is 0. The predicted octanol–water partition coefficient (Wildman–Crippen LogP) is 4.10. The molecule has 5 aromatic rings. The summed E-state index contributed by atoms with van der Waals surface area (Å²) in [6, 6.07) is 19.6. The van der Waals surface area contributed by atoms with Crippen LogP contribution in [0.1, 0.15) is 12.5 Å². The van der Waals surface area contributed by atoms with E-state index in [1.807, 2.05) is 50.2 Å². The fourth-order valence-corrected chi connectivity index (χ4v) is 3.60. The van der Waals surface area contributed by atoms with Crippen LogP contribution in [0.15, 0.2) is 80.8 Å². The van der Waals surface area contributed by atoms with Crippen LogP contribution < -0.4 is 16.0 Å². The first kappa shape index (κ1) is 20.4. The lowest BCUT2D eigenvalue weighted by atomic mass is 10.1. The van der Waals surface area contributed by atoms with Crippen LogP contribution in [0.2, 0.25) is 0 Å². The van der Waals surface area contributed by atoms with Gasteiger partial charge in [0.1, 0.15) is 5.75 Å². The van der Waals surface area contributed by atoms with E-state index in [9.17, 15) is 9.59 Å². The molecule has 0 spiro atoms. The first-order valence-corrected chi connectivity index (χ1v) is 10.5. The summed E-state index contributed by atoms with van der Waals surface area (Å²) in [5, 5.41) is 4.43. The number of hydrogen-bond acceptors (Lipinski definition) is 6. The molecule has 0 atom stereocenters. The molecule has 0 aliphatic heterocycles. The topological polar surface area (TPSA) is 103 Å². The van der Waals surface area contributed by atoms with E-state index in [2.05, 4.69) is 15.1 Å². The number of H-pyrrole nitrogens is 1. The SMILES string of the molecule is CCOc1ccc(-c2noc(-c3ccc4c(=O)n(-c5ccc(C)cc5)c(=O)[nH]c4c3)n2)cc1. The highest BCUT2D eigenvalue weighted by molar-refractivity contribution is 5.82. The maximum Gasteiger partial charge on any atom is 0.333 e. The van der Waals surface area contributed by atoms with Crippen molar-refractivity contribution in [2.75, 3.05) is 6.61 Å². The number of fused-ring (bicyclic) bond motifs is 1. The van der Waals surface area contributed by atoms with Crippen LogP contribution in [0.5, 0.6) is 5.75 Å². The van der Waals surface area contributed by atoms with E-state index >= 15 is 0 Å². The minimum absolute atomic E-state index is 0.282. The molecule has 5 rings (SSSR count). The quantitative estimate of drug-likeness (QED) is 0.441. The van der Waals surface area contributed by atoms with Gasteiger partial charge in [-0.2, -0.15) is 4.98 Å². The van der Waals surface area contributed by atoms with Crippen LogP contribution in [-0.2, 0) is 0 Å². The van der Waals surface area contributed by atoms with Crippen molar-refractivity contribution >= 4 is 10.9 Å². The number of nitrogens with one attached hydrogen (secondary N) is 1. The number of rotatable bonds is 5. The number of nitrogens with zero attached hydrogens (tertiary/aromatic N) is 3. The molecule has 33 heavy (non-hydrogen) atoms. The van der Waals surface area contributed by atoms with Gasteiger partial charge in [0.25, 0.3) is 11.4 Å². The van der Waals surface area contributed by atoms with E-state index in [-0.39, 0.29) is 5.89 Å². The maximum absolute atomic E-state index is 13.0. The monoisotopic (exact) mass is 440 g/mol. The van der Waals surface area contributed by atoms with E-state index < -0.39 is 11.2 Å². The Balaban J connectivity index is 1.52. The van der Waals surface area contributed by atoms with Crippen LogP contribution in [0.25, 0.3) is 39.4 Å². The summed E-state index contributed by atoms with van der Waals surface area (Å²) in [6.07, 6.45) is 0. The molecule has 164 valence electrons. The third kappa shape index (κ3) is 3.82. The Morgan fingerprint density at radius 2 is 1.70 bits per heavy atom. The second-order valence-corrected chi connectivity index (χ2v) is 7.55. The minimum Gasteiger partial charge on any atom is -0.494 e. The first-order chi connectivity index (χ1) is 16.0. The van der Waals surface area contributed by atoms with Gasteiger partial charge in [-0.05, 0) is 68.4 Å². The highest BCUT2D eigenvalue weighted by Crippen LogP contribution is 2.25. The van der Waals surface area contributed by atoms with E-state index in [4.69, 9.17) is 9.26 Å². The van der Waals surface area contributed by atoms with E-state index in [1.165, 1.54) is 0 Å². The van der Waals surface area contributed by atoms with Crippen molar-refractivity contribution in [2.45, 2.75) is 13.8 Å². The average Bonchev–Trinajstić information content (AvgIpc) is 3.31. The van der Waals surface area contributed by atoms with Gasteiger partial charge in [0.2, 0.25) is 5.82 Å². The number of hydrogen-bond donors (Lipinski definition) is 1. The largest absolute Gasteiger partial charge is 0.494 e. The van der Waals surface area contributed by atoms with Crippen LogP contribution in [-0.4, -0.2) is 26.3 Å². The highest BCUT2D eigenvalue weighted by atomic mass is 16.5. The molecular formula is C25H20N4O4. The van der Waals surface area contributed by atoms with Crippen LogP contribution in [0.4, 0.5) is 0 Å². The van der Waals surface area contributed by atoms with Crippen molar-refractivity contribution in [3.05, 3.63) is 93.1 Å². The molecule has 3 aromatic carbocycles. The molecule has 0 unspecified atom stereocenters. The van der Waals surface area contributed by atoms with Gasteiger partial charge in [-0.15, -0.1) is 0 Å². The van der Waals surface area contributed by atoms with Gasteiger partial charge in [-0.25, -0.2) is 9.36 Å². The zero-order valence-electron chi connectivity index (χ0n) is 18.0. The van der Waals surface area contributed by atoms with Crippen LogP contribution >= 0.6 is 0 Å². The number of aromatic amines is 1. The standard InChI is InChI=1S/C25H20N4O4/c1-3-32-19-11-6-16(7-12-19)22-27-23(33-28-22)17-8-13-20-21(14-17)26-25(31)29(24(20)30)18-9-4-15(2)5-10-18/h4-14H,3H2,1-2H3,(H,26,31). The minimum atomic E-state index is -0.519. The van der Waals surface area contributed by atoms with Crippen LogP contribution in [0.3, 0.4) is 0 Å². The van der Waals surface area contributed by atoms with Gasteiger partial charge >= 0.3 is 5.69 Å². The van der Waals surface area contributed by atoms with Crippen molar-refractivity contribution < 1.29 is 9.26 Å². The molecular weight excluding hydrogens is 420 g/mol. The molecule has 0 bridgehead atoms. The Morgan fingerprint density at radius 1 is 0.970 bits per heavy atom. The van der Waals surface area contributed by atoms with Crippen LogP contribution in [0, 0.1) is 6.92 Å². The zero-order valence-corrected chi connectivity index (χ0v) is 18.0. The Kier molecular flexibility index (Phi) is 5.10. The van der Waals surface area contributed by atoms with Gasteiger partial charge in [0.05, 0.1) is 23.2 Å². The number of benzene rings is 3. The van der Waals surface area contributed by atoms with Crippen molar-refractivity contribution in [3.63, 3.8) is 0 Å². The van der Waals surface area contributed by atoms with Gasteiger partial charge < -0.3 is 14.2 Å². The molecule has 8 heteroatoms. The number of aromatic nitrogens is 4. The van der Waals surface area contributed by atoms with Crippen molar-refractivity contribution in [2.24, 2.45) is 0 Å². The number of aryl methyl sites for hydroxylation is 1. The lowest BCUT2D eigenvalue weighted by molar-refractivity contribution is 0.340.